The van der Waals surface area contributed by atoms with Crippen molar-refractivity contribution in [2.45, 2.75) is 51.4 Å². The van der Waals surface area contributed by atoms with Gasteiger partial charge in [0.05, 0.1) is 5.02 Å². The molecule has 0 bridgehead atoms. The van der Waals surface area contributed by atoms with Crippen LogP contribution >= 0.6 is 11.6 Å². The summed E-state index contributed by atoms with van der Waals surface area (Å²) in [4.78, 5) is 0. The Labute approximate surface area is 154 Å². The molecule has 0 unspecified atom stereocenters. The largest absolute Gasteiger partial charge is 0.205 e. The van der Waals surface area contributed by atoms with E-state index < -0.39 is 0 Å². The molecule has 2 atom stereocenters. The molecule has 0 radical (unpaired) electrons. The van der Waals surface area contributed by atoms with Crippen molar-refractivity contribution in [3.05, 3.63) is 81.1 Å². The van der Waals surface area contributed by atoms with E-state index in [-0.39, 0.29) is 10.8 Å². The second-order valence-electron chi connectivity index (χ2n) is 7.48. The number of hydrogen-bond donors (Lipinski definition) is 0. The van der Waals surface area contributed by atoms with Gasteiger partial charge in [0, 0.05) is 0 Å². The molecule has 0 nitrogen and oxygen atoms in total. The summed E-state index contributed by atoms with van der Waals surface area (Å²) in [5, 5.41) is 0.213. The van der Waals surface area contributed by atoms with E-state index in [0.29, 0.717) is 11.8 Å². The second-order valence-corrected chi connectivity index (χ2v) is 7.89. The smallest absolute Gasteiger partial charge is 0.142 e. The van der Waals surface area contributed by atoms with Crippen LogP contribution in [0.1, 0.15) is 53.5 Å². The summed E-state index contributed by atoms with van der Waals surface area (Å²) in [6, 6.07) is 9.97. The molecule has 0 N–H and O–H groups in total. The van der Waals surface area contributed by atoms with Crippen LogP contribution in [0.25, 0.3) is 0 Å². The summed E-state index contributed by atoms with van der Waals surface area (Å²) in [5.41, 5.74) is 7.29. The Bertz CT molecular complexity index is 821. The van der Waals surface area contributed by atoms with Gasteiger partial charge in [0.15, 0.2) is 0 Å². The summed E-state index contributed by atoms with van der Waals surface area (Å²) < 4.78 is 13.8. The number of hydrogen-bond acceptors (Lipinski definition) is 0. The normalized spacial score (nSPS) is 22.7. The zero-order valence-electron chi connectivity index (χ0n) is 14.7. The molecule has 0 amide bonds. The summed E-state index contributed by atoms with van der Waals surface area (Å²) in [6.45, 7) is 2.11. The average molecular weight is 355 g/mol. The first-order valence-corrected chi connectivity index (χ1v) is 9.73. The highest BCUT2D eigenvalue weighted by molar-refractivity contribution is 6.30. The van der Waals surface area contributed by atoms with E-state index in [1.165, 1.54) is 24.8 Å². The minimum absolute atomic E-state index is 0.213. The van der Waals surface area contributed by atoms with Crippen LogP contribution in [0.15, 0.2) is 42.5 Å². The maximum absolute atomic E-state index is 13.8. The summed E-state index contributed by atoms with van der Waals surface area (Å²) in [5.74, 6) is 0.797. The van der Waals surface area contributed by atoms with Gasteiger partial charge in [-0.2, -0.15) is 0 Å². The third kappa shape index (κ3) is 3.27. The molecule has 0 heterocycles. The lowest BCUT2D eigenvalue weighted by molar-refractivity contribution is 0.532. The number of rotatable bonds is 2. The lowest BCUT2D eigenvalue weighted by Gasteiger charge is -2.31. The highest BCUT2D eigenvalue weighted by Gasteiger charge is 2.26. The van der Waals surface area contributed by atoms with Crippen LogP contribution < -0.4 is 0 Å². The lowest BCUT2D eigenvalue weighted by Crippen LogP contribution is -2.20. The van der Waals surface area contributed by atoms with Crippen LogP contribution in [-0.2, 0) is 25.7 Å². The quantitative estimate of drug-likeness (QED) is 0.545. The van der Waals surface area contributed by atoms with Crippen molar-refractivity contribution in [2.24, 2.45) is 5.92 Å². The van der Waals surface area contributed by atoms with Crippen molar-refractivity contribution in [2.75, 3.05) is 0 Å². The van der Waals surface area contributed by atoms with Crippen LogP contribution in [0.3, 0.4) is 0 Å². The molecule has 0 spiro atoms. The van der Waals surface area contributed by atoms with Gasteiger partial charge in [-0.25, -0.2) is 4.39 Å². The van der Waals surface area contributed by atoms with E-state index in [1.807, 2.05) is 6.07 Å². The topological polar surface area (TPSA) is 0 Å². The minimum Gasteiger partial charge on any atom is -0.205 e. The molecule has 0 aliphatic heterocycles. The Kier molecular flexibility index (Phi) is 4.69. The highest BCUT2D eigenvalue weighted by atomic mass is 35.5. The van der Waals surface area contributed by atoms with E-state index in [1.54, 1.807) is 28.8 Å². The predicted octanol–water partition coefficient (Wildman–Crippen LogP) is 6.43. The van der Waals surface area contributed by atoms with Crippen LogP contribution in [-0.4, -0.2) is 0 Å². The Balaban J connectivity index is 1.59. The Morgan fingerprint density at radius 2 is 1.72 bits per heavy atom. The monoisotopic (exact) mass is 354 g/mol. The maximum Gasteiger partial charge on any atom is 0.142 e. The van der Waals surface area contributed by atoms with Crippen LogP contribution in [0.5, 0.6) is 0 Å². The zero-order valence-corrected chi connectivity index (χ0v) is 15.5. The van der Waals surface area contributed by atoms with Crippen LogP contribution in [0.2, 0.25) is 5.02 Å². The third-order valence-corrected chi connectivity index (χ3v) is 6.27. The van der Waals surface area contributed by atoms with Gasteiger partial charge < -0.3 is 0 Å². The fourth-order valence-corrected chi connectivity index (χ4v) is 4.80. The zero-order chi connectivity index (χ0) is 17.4. The molecular formula is C23H24ClF. The van der Waals surface area contributed by atoms with E-state index in [0.717, 1.165) is 24.8 Å². The maximum atomic E-state index is 13.8. The Morgan fingerprint density at radius 1 is 1.00 bits per heavy atom. The van der Waals surface area contributed by atoms with Gasteiger partial charge in [-0.05, 0) is 97.2 Å². The first kappa shape index (κ1) is 16.8. The lowest BCUT2D eigenvalue weighted by atomic mass is 9.74. The van der Waals surface area contributed by atoms with Gasteiger partial charge in [-0.1, -0.05) is 42.0 Å². The molecular weight excluding hydrogens is 331 g/mol. The highest BCUT2D eigenvalue weighted by Crippen LogP contribution is 2.38. The van der Waals surface area contributed by atoms with Gasteiger partial charge in [0.2, 0.25) is 0 Å². The predicted molar refractivity (Wildman–Crippen MR) is 103 cm³/mol. The standard InChI is InChI=1S/C23H24ClF/c1-2-3-15-4-9-20-18(12-15)5-6-19-13-16(7-10-21(19)20)17-8-11-22(24)23(25)14-17/h2-3,5-6,8,11,14-16H,4,7,9-10,12-13H2,1H3/b3-2-/t15-,16-/m0/s1. The van der Waals surface area contributed by atoms with Gasteiger partial charge in [0.25, 0.3) is 0 Å². The molecule has 2 aromatic rings. The average Bonchev–Trinajstić information content (AvgIpc) is 2.63. The van der Waals surface area contributed by atoms with Crippen molar-refractivity contribution < 1.29 is 4.39 Å². The van der Waals surface area contributed by atoms with Crippen molar-refractivity contribution in [3.8, 4) is 0 Å². The Hall–Kier alpha value is -1.60. The summed E-state index contributed by atoms with van der Waals surface area (Å²) >= 11 is 5.83. The van der Waals surface area contributed by atoms with E-state index in [2.05, 4.69) is 31.2 Å². The Morgan fingerprint density at radius 3 is 2.44 bits per heavy atom. The second kappa shape index (κ2) is 6.96. The van der Waals surface area contributed by atoms with E-state index in [4.69, 9.17) is 11.6 Å². The number of allylic oxidation sites excluding steroid dienone is 2. The molecule has 130 valence electrons. The van der Waals surface area contributed by atoms with Crippen molar-refractivity contribution in [1.82, 2.24) is 0 Å². The molecule has 0 saturated carbocycles. The first-order valence-electron chi connectivity index (χ1n) is 9.36. The third-order valence-electron chi connectivity index (χ3n) is 5.96. The fraction of sp³-hybridized carbons (Fsp3) is 0.391. The molecule has 2 aliphatic rings. The van der Waals surface area contributed by atoms with Gasteiger partial charge in [0.1, 0.15) is 5.82 Å². The molecule has 2 aliphatic carbocycles. The SMILES string of the molecule is C/C=C\[C@H]1CCc2c(ccc3c2CC[C@H](c2ccc(Cl)c(F)c2)C3)C1. The number of fused-ring (bicyclic) bond motifs is 3. The minimum atomic E-state index is -0.301. The fourth-order valence-electron chi connectivity index (χ4n) is 4.68. The van der Waals surface area contributed by atoms with Crippen molar-refractivity contribution in [3.63, 3.8) is 0 Å². The first-order chi connectivity index (χ1) is 12.2. The van der Waals surface area contributed by atoms with Gasteiger partial charge >= 0.3 is 0 Å². The van der Waals surface area contributed by atoms with Gasteiger partial charge in [-0.15, -0.1) is 0 Å². The summed E-state index contributed by atoms with van der Waals surface area (Å²) in [7, 11) is 0. The van der Waals surface area contributed by atoms with Crippen molar-refractivity contribution >= 4 is 11.6 Å². The van der Waals surface area contributed by atoms with E-state index >= 15 is 0 Å². The molecule has 2 aromatic carbocycles. The molecule has 25 heavy (non-hydrogen) atoms. The summed E-state index contributed by atoms with van der Waals surface area (Å²) in [6.07, 6.45) is 11.4. The van der Waals surface area contributed by atoms with E-state index in [9.17, 15) is 4.39 Å². The molecule has 2 heteroatoms. The molecule has 4 rings (SSSR count). The molecule has 0 saturated heterocycles. The number of halogens is 2. The van der Waals surface area contributed by atoms with Gasteiger partial charge in [-0.3, -0.25) is 0 Å². The van der Waals surface area contributed by atoms with Crippen molar-refractivity contribution in [1.29, 1.82) is 0 Å². The van der Waals surface area contributed by atoms with Crippen LogP contribution in [0, 0.1) is 11.7 Å². The molecule has 0 fully saturated rings. The number of benzene rings is 2. The van der Waals surface area contributed by atoms with Crippen LogP contribution in [0.4, 0.5) is 4.39 Å². The molecule has 0 aromatic heterocycles.